The van der Waals surface area contributed by atoms with E-state index in [2.05, 4.69) is 15.4 Å². The minimum absolute atomic E-state index is 0.112. The van der Waals surface area contributed by atoms with E-state index in [-0.39, 0.29) is 29.5 Å². The number of hydrogen-bond acceptors (Lipinski definition) is 4. The molecule has 0 aliphatic heterocycles. The van der Waals surface area contributed by atoms with Crippen LogP contribution < -0.4 is 20.1 Å². The lowest BCUT2D eigenvalue weighted by atomic mass is 10.1. The summed E-state index contributed by atoms with van der Waals surface area (Å²) in [5, 5.41) is 5.62. The van der Waals surface area contributed by atoms with Gasteiger partial charge in [-0.2, -0.15) is 8.78 Å². The molecule has 118 valence electrons. The van der Waals surface area contributed by atoms with Crippen molar-refractivity contribution in [3.8, 4) is 11.5 Å². The highest BCUT2D eigenvalue weighted by Gasteiger charge is 2.14. The highest BCUT2D eigenvalue weighted by Crippen LogP contribution is 2.31. The van der Waals surface area contributed by atoms with Crippen LogP contribution in [0.1, 0.15) is 20.8 Å². The molecule has 0 heterocycles. The second kappa shape index (κ2) is 7.21. The van der Waals surface area contributed by atoms with Crippen molar-refractivity contribution in [3.63, 3.8) is 0 Å². The number of carbonyl (C=O) groups excluding carboxylic acids is 1. The largest absolute Gasteiger partial charge is 0.493 e. The van der Waals surface area contributed by atoms with Crippen LogP contribution in [0.5, 0.6) is 11.5 Å². The summed E-state index contributed by atoms with van der Waals surface area (Å²) in [5.74, 6) is -0.242. The van der Waals surface area contributed by atoms with Crippen LogP contribution in [0.15, 0.2) is 18.2 Å². The molecule has 0 bridgehead atoms. The Morgan fingerprint density at radius 3 is 2.48 bits per heavy atom. The number of hydrogen-bond donors (Lipinski definition) is 2. The molecular weight excluding hydrogens is 282 g/mol. The maximum absolute atomic E-state index is 12.3. The molecule has 1 rings (SSSR count). The normalized spacial score (nSPS) is 11.4. The van der Waals surface area contributed by atoms with E-state index in [1.165, 1.54) is 19.2 Å². The summed E-state index contributed by atoms with van der Waals surface area (Å²) in [6.07, 6.45) is 0. The minimum atomic E-state index is -2.97. The fourth-order valence-corrected chi connectivity index (χ4v) is 1.49. The first-order valence-corrected chi connectivity index (χ1v) is 6.39. The van der Waals surface area contributed by atoms with E-state index < -0.39 is 6.61 Å². The fourth-order valence-electron chi connectivity index (χ4n) is 1.49. The van der Waals surface area contributed by atoms with Gasteiger partial charge in [0.15, 0.2) is 11.5 Å². The Bertz CT molecular complexity index is 488. The number of amides is 1. The van der Waals surface area contributed by atoms with Crippen molar-refractivity contribution in [2.24, 2.45) is 0 Å². The number of halogens is 2. The van der Waals surface area contributed by atoms with Crippen molar-refractivity contribution < 1.29 is 23.0 Å². The molecular formula is C14H20F2N2O3. The standard InChI is InChI=1S/C14H20F2N2O3/c1-14(2,3)17-8-12(19)18-9-5-6-10(20-4)11(7-9)21-13(15)16/h5-7,13,17H,8H2,1-4H3,(H,18,19). The molecule has 0 aliphatic rings. The average Bonchev–Trinajstić information content (AvgIpc) is 2.35. The lowest BCUT2D eigenvalue weighted by Gasteiger charge is -2.20. The summed E-state index contributed by atoms with van der Waals surface area (Å²) < 4.78 is 33.9. The first kappa shape index (κ1) is 17.2. The molecule has 5 nitrogen and oxygen atoms in total. The van der Waals surface area contributed by atoms with Crippen molar-refractivity contribution in [3.05, 3.63) is 18.2 Å². The van der Waals surface area contributed by atoms with Crippen LogP contribution in [0.4, 0.5) is 14.5 Å². The van der Waals surface area contributed by atoms with Crippen molar-refractivity contribution in [2.45, 2.75) is 32.9 Å². The summed E-state index contributed by atoms with van der Waals surface area (Å²) in [5.41, 5.74) is 0.161. The molecule has 1 aromatic rings. The third-order valence-corrected chi connectivity index (χ3v) is 2.44. The van der Waals surface area contributed by atoms with Gasteiger partial charge in [-0.3, -0.25) is 4.79 Å². The quantitative estimate of drug-likeness (QED) is 0.848. The van der Waals surface area contributed by atoms with Gasteiger partial charge in [0.05, 0.1) is 13.7 Å². The van der Waals surface area contributed by atoms with Crippen LogP contribution in [0, 0.1) is 0 Å². The van der Waals surface area contributed by atoms with Crippen molar-refractivity contribution >= 4 is 11.6 Å². The minimum Gasteiger partial charge on any atom is -0.493 e. The molecule has 0 fully saturated rings. The van der Waals surface area contributed by atoms with E-state index in [1.807, 2.05) is 20.8 Å². The second-order valence-electron chi connectivity index (χ2n) is 5.40. The number of rotatable bonds is 6. The first-order chi connectivity index (χ1) is 9.71. The summed E-state index contributed by atoms with van der Waals surface area (Å²) in [6.45, 7) is 2.94. The number of anilines is 1. The Morgan fingerprint density at radius 1 is 1.29 bits per heavy atom. The molecule has 0 aromatic heterocycles. The predicted octanol–water partition coefficient (Wildman–Crippen LogP) is 2.62. The fraction of sp³-hybridized carbons (Fsp3) is 0.500. The maximum atomic E-state index is 12.3. The molecule has 0 spiro atoms. The van der Waals surface area contributed by atoms with Gasteiger partial charge in [0, 0.05) is 17.3 Å². The third kappa shape index (κ3) is 6.40. The summed E-state index contributed by atoms with van der Waals surface area (Å²) in [6, 6.07) is 4.29. The van der Waals surface area contributed by atoms with Gasteiger partial charge in [0.1, 0.15) is 0 Å². The highest BCUT2D eigenvalue weighted by molar-refractivity contribution is 5.92. The molecule has 0 atom stereocenters. The van der Waals surface area contributed by atoms with Crippen LogP contribution >= 0.6 is 0 Å². The van der Waals surface area contributed by atoms with Crippen molar-refractivity contribution in [1.29, 1.82) is 0 Å². The van der Waals surface area contributed by atoms with Gasteiger partial charge in [-0.1, -0.05) is 0 Å². The van der Waals surface area contributed by atoms with E-state index in [4.69, 9.17) is 4.74 Å². The van der Waals surface area contributed by atoms with Gasteiger partial charge in [-0.05, 0) is 32.9 Å². The molecule has 0 saturated carbocycles. The van der Waals surface area contributed by atoms with E-state index in [0.717, 1.165) is 0 Å². The number of alkyl halides is 2. The second-order valence-corrected chi connectivity index (χ2v) is 5.40. The molecule has 21 heavy (non-hydrogen) atoms. The van der Waals surface area contributed by atoms with Crippen LogP contribution in [0.3, 0.4) is 0 Å². The van der Waals surface area contributed by atoms with Gasteiger partial charge < -0.3 is 20.1 Å². The molecule has 1 aromatic carbocycles. The Balaban J connectivity index is 2.73. The lowest BCUT2D eigenvalue weighted by Crippen LogP contribution is -2.41. The van der Waals surface area contributed by atoms with Crippen molar-refractivity contribution in [1.82, 2.24) is 5.32 Å². The molecule has 0 radical (unpaired) electrons. The van der Waals surface area contributed by atoms with Crippen LogP contribution in [0.2, 0.25) is 0 Å². The van der Waals surface area contributed by atoms with E-state index in [1.54, 1.807) is 6.07 Å². The van der Waals surface area contributed by atoms with Crippen LogP contribution in [-0.2, 0) is 4.79 Å². The SMILES string of the molecule is COc1ccc(NC(=O)CNC(C)(C)C)cc1OC(F)F. The van der Waals surface area contributed by atoms with E-state index >= 15 is 0 Å². The van der Waals surface area contributed by atoms with Gasteiger partial charge in [-0.15, -0.1) is 0 Å². The summed E-state index contributed by atoms with van der Waals surface area (Å²) in [7, 11) is 1.35. The van der Waals surface area contributed by atoms with Crippen molar-refractivity contribution in [2.75, 3.05) is 19.0 Å². The monoisotopic (exact) mass is 302 g/mol. The van der Waals surface area contributed by atoms with Gasteiger partial charge in [0.25, 0.3) is 0 Å². The topological polar surface area (TPSA) is 59.6 Å². The van der Waals surface area contributed by atoms with E-state index in [0.29, 0.717) is 5.69 Å². The maximum Gasteiger partial charge on any atom is 0.387 e. The predicted molar refractivity (Wildman–Crippen MR) is 76.0 cm³/mol. The summed E-state index contributed by atoms with van der Waals surface area (Å²) >= 11 is 0. The number of ether oxygens (including phenoxy) is 2. The van der Waals surface area contributed by atoms with Gasteiger partial charge in [0.2, 0.25) is 5.91 Å². The Labute approximate surface area is 122 Å². The smallest absolute Gasteiger partial charge is 0.387 e. The van der Waals surface area contributed by atoms with Crippen LogP contribution in [0.25, 0.3) is 0 Å². The molecule has 2 N–H and O–H groups in total. The zero-order valence-corrected chi connectivity index (χ0v) is 12.5. The number of carbonyl (C=O) groups is 1. The molecule has 0 saturated heterocycles. The first-order valence-electron chi connectivity index (χ1n) is 6.39. The number of nitrogens with one attached hydrogen (secondary N) is 2. The third-order valence-electron chi connectivity index (χ3n) is 2.44. The van der Waals surface area contributed by atoms with Gasteiger partial charge >= 0.3 is 6.61 Å². The zero-order chi connectivity index (χ0) is 16.0. The Hall–Kier alpha value is -1.89. The molecule has 1 amide bonds. The zero-order valence-electron chi connectivity index (χ0n) is 12.5. The lowest BCUT2D eigenvalue weighted by molar-refractivity contribution is -0.115. The van der Waals surface area contributed by atoms with Crippen LogP contribution in [-0.4, -0.2) is 31.7 Å². The molecule has 7 heteroatoms. The van der Waals surface area contributed by atoms with Gasteiger partial charge in [-0.25, -0.2) is 0 Å². The molecule has 0 unspecified atom stereocenters. The summed E-state index contributed by atoms with van der Waals surface area (Å²) in [4.78, 5) is 11.8. The number of methoxy groups -OCH3 is 1. The Kier molecular flexibility index (Phi) is 5.90. The van der Waals surface area contributed by atoms with E-state index in [9.17, 15) is 13.6 Å². The average molecular weight is 302 g/mol. The number of benzene rings is 1. The Morgan fingerprint density at radius 2 is 1.95 bits per heavy atom. The molecule has 0 aliphatic carbocycles. The highest BCUT2D eigenvalue weighted by atomic mass is 19.3.